The lowest BCUT2D eigenvalue weighted by Gasteiger charge is -2.00. The summed E-state index contributed by atoms with van der Waals surface area (Å²) in [5.74, 6) is 0. The Labute approximate surface area is 97.3 Å². The number of hydrogen-bond acceptors (Lipinski definition) is 0. The molecule has 0 aliphatic carbocycles. The molecule has 0 heteroatoms. The Bertz CT molecular complexity index is 466. The predicted octanol–water partition coefficient (Wildman–Crippen LogP) is 4.25. The van der Waals surface area contributed by atoms with E-state index in [2.05, 4.69) is 67.6 Å². The quantitative estimate of drug-likeness (QED) is 0.707. The summed E-state index contributed by atoms with van der Waals surface area (Å²) < 4.78 is 0. The van der Waals surface area contributed by atoms with Gasteiger partial charge in [0.1, 0.15) is 0 Å². The Hall–Kier alpha value is -1.82. The molecule has 0 aromatic heterocycles. The van der Waals surface area contributed by atoms with E-state index in [1.165, 1.54) is 16.7 Å². The van der Waals surface area contributed by atoms with Gasteiger partial charge in [-0.15, -0.1) is 0 Å². The summed E-state index contributed by atoms with van der Waals surface area (Å²) in [4.78, 5) is 0. The first-order valence-corrected chi connectivity index (χ1v) is 5.62. The Kier molecular flexibility index (Phi) is 3.55. The molecule has 0 nitrogen and oxygen atoms in total. The summed E-state index contributed by atoms with van der Waals surface area (Å²) in [6.45, 7) is 2.16. The standard InChI is InChI=1S/C16H16/c1-14-8-5-6-12-16(14)13-7-11-15-9-3-2-4-10-15/h2-12H,13H2,1H3/b11-7+. The molecule has 0 unspecified atom stereocenters. The largest absolute Gasteiger partial charge is 0.0795 e. The highest BCUT2D eigenvalue weighted by Crippen LogP contribution is 2.09. The summed E-state index contributed by atoms with van der Waals surface area (Å²) in [6, 6.07) is 18.9. The van der Waals surface area contributed by atoms with Crippen LogP contribution < -0.4 is 0 Å². The molecule has 0 atom stereocenters. The molecule has 0 N–H and O–H groups in total. The van der Waals surface area contributed by atoms with Gasteiger partial charge in [-0.2, -0.15) is 0 Å². The van der Waals surface area contributed by atoms with Crippen LogP contribution >= 0.6 is 0 Å². The lowest BCUT2D eigenvalue weighted by atomic mass is 10.1. The van der Waals surface area contributed by atoms with E-state index >= 15 is 0 Å². The average molecular weight is 208 g/mol. The maximum Gasteiger partial charge on any atom is -0.00915 e. The minimum Gasteiger partial charge on any atom is -0.0795 e. The van der Waals surface area contributed by atoms with Gasteiger partial charge < -0.3 is 0 Å². The number of rotatable bonds is 3. The van der Waals surface area contributed by atoms with Crippen molar-refractivity contribution in [3.05, 3.63) is 77.4 Å². The van der Waals surface area contributed by atoms with Crippen LogP contribution in [0, 0.1) is 6.92 Å². The molecule has 0 bridgehead atoms. The number of hydrogen-bond donors (Lipinski definition) is 0. The van der Waals surface area contributed by atoms with Crippen molar-refractivity contribution in [3.63, 3.8) is 0 Å². The van der Waals surface area contributed by atoms with Gasteiger partial charge in [0, 0.05) is 0 Å². The van der Waals surface area contributed by atoms with Gasteiger partial charge in [0.15, 0.2) is 0 Å². The third kappa shape index (κ3) is 2.83. The fourth-order valence-electron chi connectivity index (χ4n) is 1.73. The van der Waals surface area contributed by atoms with E-state index in [-0.39, 0.29) is 0 Å². The molecule has 0 aliphatic rings. The molecule has 0 saturated heterocycles. The fraction of sp³-hybridized carbons (Fsp3) is 0.125. The van der Waals surface area contributed by atoms with Gasteiger partial charge in [-0.3, -0.25) is 0 Å². The first kappa shape index (κ1) is 10.7. The van der Waals surface area contributed by atoms with Gasteiger partial charge in [-0.25, -0.2) is 0 Å². The molecular formula is C16H16. The SMILES string of the molecule is Cc1ccccc1C/C=C/c1ccccc1. The molecule has 80 valence electrons. The van der Waals surface area contributed by atoms with Gasteiger partial charge in [0.05, 0.1) is 0 Å². The molecule has 0 amide bonds. The molecular weight excluding hydrogens is 192 g/mol. The Morgan fingerprint density at radius 2 is 1.56 bits per heavy atom. The van der Waals surface area contributed by atoms with Crippen LogP contribution in [0.5, 0.6) is 0 Å². The van der Waals surface area contributed by atoms with Crippen molar-refractivity contribution in [2.24, 2.45) is 0 Å². The van der Waals surface area contributed by atoms with E-state index in [1.54, 1.807) is 0 Å². The minimum atomic E-state index is 1.00. The monoisotopic (exact) mass is 208 g/mol. The van der Waals surface area contributed by atoms with Crippen molar-refractivity contribution in [2.45, 2.75) is 13.3 Å². The molecule has 0 radical (unpaired) electrons. The summed E-state index contributed by atoms with van der Waals surface area (Å²) in [5, 5.41) is 0. The van der Waals surface area contributed by atoms with E-state index < -0.39 is 0 Å². The van der Waals surface area contributed by atoms with Crippen LogP contribution in [-0.2, 0) is 6.42 Å². The molecule has 2 rings (SSSR count). The van der Waals surface area contributed by atoms with Crippen molar-refractivity contribution in [1.29, 1.82) is 0 Å². The van der Waals surface area contributed by atoms with Crippen molar-refractivity contribution in [3.8, 4) is 0 Å². The zero-order valence-corrected chi connectivity index (χ0v) is 9.56. The van der Waals surface area contributed by atoms with E-state index in [0.717, 1.165) is 6.42 Å². The van der Waals surface area contributed by atoms with Gasteiger partial charge >= 0.3 is 0 Å². The second-order valence-electron chi connectivity index (χ2n) is 3.94. The number of benzene rings is 2. The van der Waals surface area contributed by atoms with E-state index in [4.69, 9.17) is 0 Å². The molecule has 0 fully saturated rings. The maximum atomic E-state index is 2.22. The predicted molar refractivity (Wildman–Crippen MR) is 70.4 cm³/mol. The van der Waals surface area contributed by atoms with Crippen molar-refractivity contribution >= 4 is 6.08 Å². The summed E-state index contributed by atoms with van der Waals surface area (Å²) >= 11 is 0. The number of aryl methyl sites for hydroxylation is 1. The van der Waals surface area contributed by atoms with Gasteiger partial charge in [0.2, 0.25) is 0 Å². The van der Waals surface area contributed by atoms with Gasteiger partial charge in [-0.05, 0) is 30.0 Å². The van der Waals surface area contributed by atoms with Crippen LogP contribution in [0.15, 0.2) is 60.7 Å². The summed E-state index contributed by atoms with van der Waals surface area (Å²) in [6.07, 6.45) is 5.39. The topological polar surface area (TPSA) is 0 Å². The second-order valence-corrected chi connectivity index (χ2v) is 3.94. The van der Waals surface area contributed by atoms with E-state index in [0.29, 0.717) is 0 Å². The second kappa shape index (κ2) is 5.32. The van der Waals surface area contributed by atoms with Crippen LogP contribution in [-0.4, -0.2) is 0 Å². The smallest absolute Gasteiger partial charge is 0.00915 e. The Morgan fingerprint density at radius 1 is 0.875 bits per heavy atom. The highest BCUT2D eigenvalue weighted by Gasteiger charge is 1.92. The molecule has 0 aliphatic heterocycles. The first-order chi connectivity index (χ1) is 7.86. The van der Waals surface area contributed by atoms with Crippen molar-refractivity contribution < 1.29 is 0 Å². The lowest BCUT2D eigenvalue weighted by molar-refractivity contribution is 1.22. The first-order valence-electron chi connectivity index (χ1n) is 5.62. The van der Waals surface area contributed by atoms with Crippen LogP contribution in [0.25, 0.3) is 6.08 Å². The zero-order chi connectivity index (χ0) is 11.2. The molecule has 2 aromatic rings. The van der Waals surface area contributed by atoms with Crippen LogP contribution in [0.3, 0.4) is 0 Å². The molecule has 2 aromatic carbocycles. The highest BCUT2D eigenvalue weighted by molar-refractivity contribution is 5.49. The average Bonchev–Trinajstić information content (AvgIpc) is 2.33. The normalized spacial score (nSPS) is 10.8. The van der Waals surface area contributed by atoms with E-state index in [9.17, 15) is 0 Å². The molecule has 0 saturated carbocycles. The van der Waals surface area contributed by atoms with Crippen LogP contribution in [0.1, 0.15) is 16.7 Å². The third-order valence-electron chi connectivity index (χ3n) is 2.71. The molecule has 0 heterocycles. The Balaban J connectivity index is 2.03. The van der Waals surface area contributed by atoms with Crippen LogP contribution in [0.2, 0.25) is 0 Å². The zero-order valence-electron chi connectivity index (χ0n) is 9.56. The highest BCUT2D eigenvalue weighted by atomic mass is 14.0. The molecule has 16 heavy (non-hydrogen) atoms. The summed E-state index contributed by atoms with van der Waals surface area (Å²) in [7, 11) is 0. The van der Waals surface area contributed by atoms with Gasteiger partial charge in [0.25, 0.3) is 0 Å². The van der Waals surface area contributed by atoms with E-state index in [1.807, 2.05) is 6.07 Å². The minimum absolute atomic E-state index is 1.00. The van der Waals surface area contributed by atoms with Crippen molar-refractivity contribution in [2.75, 3.05) is 0 Å². The lowest BCUT2D eigenvalue weighted by Crippen LogP contribution is -1.85. The van der Waals surface area contributed by atoms with Crippen LogP contribution in [0.4, 0.5) is 0 Å². The summed E-state index contributed by atoms with van der Waals surface area (Å²) in [5.41, 5.74) is 4.02. The van der Waals surface area contributed by atoms with Gasteiger partial charge in [-0.1, -0.05) is 66.7 Å². The maximum absolute atomic E-state index is 2.22. The number of allylic oxidation sites excluding steroid dienone is 1. The molecule has 0 spiro atoms. The fourth-order valence-corrected chi connectivity index (χ4v) is 1.73. The Morgan fingerprint density at radius 3 is 2.31 bits per heavy atom. The third-order valence-corrected chi connectivity index (χ3v) is 2.71. The van der Waals surface area contributed by atoms with Crippen molar-refractivity contribution in [1.82, 2.24) is 0 Å².